The fourth-order valence-corrected chi connectivity index (χ4v) is 5.14. The van der Waals surface area contributed by atoms with E-state index < -0.39 is 5.60 Å². The van der Waals surface area contributed by atoms with Crippen LogP contribution in [0.25, 0.3) is 0 Å². The van der Waals surface area contributed by atoms with Crippen LogP contribution in [0.4, 0.5) is 0 Å². The molecule has 0 spiro atoms. The van der Waals surface area contributed by atoms with E-state index in [9.17, 15) is 5.11 Å². The van der Waals surface area contributed by atoms with Crippen LogP contribution in [0.1, 0.15) is 44.9 Å². The van der Waals surface area contributed by atoms with Crippen molar-refractivity contribution in [3.8, 4) is 0 Å². The Morgan fingerprint density at radius 1 is 1.06 bits per heavy atom. The van der Waals surface area contributed by atoms with Gasteiger partial charge in [-0.1, -0.05) is 0 Å². The van der Waals surface area contributed by atoms with Gasteiger partial charge in [0, 0.05) is 0 Å². The molecule has 94 valence electrons. The average molecular weight is 234 g/mol. The summed E-state index contributed by atoms with van der Waals surface area (Å²) in [4.78, 5) is 0. The van der Waals surface area contributed by atoms with Crippen LogP contribution in [0, 0.1) is 23.7 Å². The van der Waals surface area contributed by atoms with Crippen molar-refractivity contribution in [2.75, 3.05) is 6.61 Å². The van der Waals surface area contributed by atoms with Crippen LogP contribution >= 0.6 is 0 Å². The summed E-state index contributed by atoms with van der Waals surface area (Å²) in [6, 6.07) is 0. The molecule has 5 aliphatic rings. The Bertz CT molecular complexity index is 330. The van der Waals surface area contributed by atoms with Gasteiger partial charge in [0.05, 0.1) is 6.61 Å². The third-order valence-corrected chi connectivity index (χ3v) is 5.71. The van der Waals surface area contributed by atoms with Gasteiger partial charge in [-0.3, -0.25) is 0 Å². The molecular formula is C15H22O2. The van der Waals surface area contributed by atoms with Crippen LogP contribution in [0.5, 0.6) is 0 Å². The first-order valence-electron chi connectivity index (χ1n) is 7.32. The average Bonchev–Trinajstić information content (AvgIpc) is 2.36. The smallest absolute Gasteiger partial charge is 0.127 e. The third-order valence-electron chi connectivity index (χ3n) is 5.71. The Balaban J connectivity index is 1.70. The summed E-state index contributed by atoms with van der Waals surface area (Å²) >= 11 is 0. The predicted octanol–water partition coefficient (Wildman–Crippen LogP) is 2.87. The normalized spacial score (nSPS) is 52.2. The zero-order chi connectivity index (χ0) is 11.5. The largest absolute Gasteiger partial charge is 0.495 e. The zero-order valence-corrected chi connectivity index (χ0v) is 10.4. The lowest BCUT2D eigenvalue weighted by atomic mass is 9.49. The van der Waals surface area contributed by atoms with Crippen LogP contribution < -0.4 is 0 Å². The molecule has 1 aliphatic heterocycles. The van der Waals surface area contributed by atoms with E-state index in [1.165, 1.54) is 32.1 Å². The number of allylic oxidation sites excluding steroid dienone is 1. The molecule has 0 aromatic heterocycles. The summed E-state index contributed by atoms with van der Waals surface area (Å²) in [6.07, 6.45) is 10.8. The van der Waals surface area contributed by atoms with Gasteiger partial charge in [0.2, 0.25) is 0 Å². The monoisotopic (exact) mass is 234 g/mol. The molecular weight excluding hydrogens is 212 g/mol. The van der Waals surface area contributed by atoms with Gasteiger partial charge in [0.1, 0.15) is 11.4 Å². The van der Waals surface area contributed by atoms with Gasteiger partial charge >= 0.3 is 0 Å². The van der Waals surface area contributed by atoms with Crippen molar-refractivity contribution in [3.05, 3.63) is 11.8 Å². The van der Waals surface area contributed by atoms with Gasteiger partial charge in [-0.2, -0.15) is 0 Å². The highest BCUT2D eigenvalue weighted by atomic mass is 16.5. The maximum Gasteiger partial charge on any atom is 0.127 e. The third kappa shape index (κ3) is 1.36. The van der Waals surface area contributed by atoms with Crippen molar-refractivity contribution < 1.29 is 9.84 Å². The molecule has 2 nitrogen and oxygen atoms in total. The van der Waals surface area contributed by atoms with Crippen LogP contribution in [0.3, 0.4) is 0 Å². The molecule has 2 heteroatoms. The van der Waals surface area contributed by atoms with E-state index in [0.717, 1.165) is 37.0 Å². The summed E-state index contributed by atoms with van der Waals surface area (Å²) in [5, 5.41) is 11.2. The fraction of sp³-hybridized carbons (Fsp3) is 0.867. The molecule has 4 saturated carbocycles. The van der Waals surface area contributed by atoms with Crippen molar-refractivity contribution >= 4 is 0 Å². The highest BCUT2D eigenvalue weighted by molar-refractivity contribution is 5.22. The summed E-state index contributed by atoms with van der Waals surface area (Å²) in [6.45, 7) is 0.806. The van der Waals surface area contributed by atoms with Crippen molar-refractivity contribution in [1.82, 2.24) is 0 Å². The molecule has 0 aromatic rings. The molecule has 0 aromatic carbocycles. The number of rotatable bonds is 1. The number of hydrogen-bond acceptors (Lipinski definition) is 2. The lowest BCUT2D eigenvalue weighted by Gasteiger charge is -2.59. The van der Waals surface area contributed by atoms with Gasteiger partial charge in [0.25, 0.3) is 0 Å². The number of ether oxygens (including phenoxy) is 1. The Morgan fingerprint density at radius 2 is 1.71 bits per heavy atom. The van der Waals surface area contributed by atoms with E-state index >= 15 is 0 Å². The Hall–Kier alpha value is -0.500. The second-order valence-electron chi connectivity index (χ2n) is 6.69. The molecule has 0 radical (unpaired) electrons. The van der Waals surface area contributed by atoms with Crippen LogP contribution in [0.2, 0.25) is 0 Å². The molecule has 4 aliphatic carbocycles. The molecule has 0 amide bonds. The van der Waals surface area contributed by atoms with E-state index in [-0.39, 0.29) is 0 Å². The van der Waals surface area contributed by atoms with E-state index in [1.807, 2.05) is 0 Å². The molecule has 0 saturated heterocycles. The second-order valence-corrected chi connectivity index (χ2v) is 6.69. The van der Waals surface area contributed by atoms with Crippen molar-refractivity contribution in [2.45, 2.75) is 50.5 Å². The Kier molecular flexibility index (Phi) is 2.15. The van der Waals surface area contributed by atoms with E-state index in [2.05, 4.69) is 6.08 Å². The Labute approximate surface area is 103 Å². The minimum Gasteiger partial charge on any atom is -0.495 e. The molecule has 4 fully saturated rings. The molecule has 0 unspecified atom stereocenters. The highest BCUT2D eigenvalue weighted by Crippen LogP contribution is 2.60. The molecule has 0 atom stereocenters. The fourth-order valence-electron chi connectivity index (χ4n) is 5.14. The first-order chi connectivity index (χ1) is 8.27. The van der Waals surface area contributed by atoms with Crippen LogP contribution in [0.15, 0.2) is 11.8 Å². The van der Waals surface area contributed by atoms with Gasteiger partial charge in [-0.15, -0.1) is 0 Å². The van der Waals surface area contributed by atoms with E-state index in [4.69, 9.17) is 4.74 Å². The lowest BCUT2D eigenvalue weighted by molar-refractivity contribution is -0.172. The zero-order valence-electron chi connectivity index (χ0n) is 10.4. The first-order valence-corrected chi connectivity index (χ1v) is 7.32. The topological polar surface area (TPSA) is 29.5 Å². The summed E-state index contributed by atoms with van der Waals surface area (Å²) in [5.41, 5.74) is -0.589. The minimum atomic E-state index is -0.589. The van der Waals surface area contributed by atoms with Crippen molar-refractivity contribution in [3.63, 3.8) is 0 Å². The minimum absolute atomic E-state index is 0.489. The maximum absolute atomic E-state index is 11.2. The lowest BCUT2D eigenvalue weighted by Crippen LogP contribution is -2.59. The second kappa shape index (κ2) is 3.50. The summed E-state index contributed by atoms with van der Waals surface area (Å²) < 4.78 is 5.82. The number of hydrogen-bond donors (Lipinski definition) is 1. The van der Waals surface area contributed by atoms with Crippen LogP contribution in [-0.2, 0) is 4.74 Å². The summed E-state index contributed by atoms with van der Waals surface area (Å²) in [5.74, 6) is 3.73. The molecule has 5 rings (SSSR count). The maximum atomic E-state index is 11.2. The molecule has 17 heavy (non-hydrogen) atoms. The van der Waals surface area contributed by atoms with Gasteiger partial charge in [0.15, 0.2) is 0 Å². The standard InChI is InChI=1S/C15H22O2/c16-15(14-3-1-2-4-17-14)12-6-10-5-11(8-12)9-13(15)7-10/h3,10-13,16H,1-2,4-9H2. The molecule has 1 N–H and O–H groups in total. The van der Waals surface area contributed by atoms with E-state index in [0.29, 0.717) is 11.8 Å². The first kappa shape index (κ1) is 10.4. The van der Waals surface area contributed by atoms with E-state index in [1.54, 1.807) is 0 Å². The van der Waals surface area contributed by atoms with Crippen molar-refractivity contribution in [2.24, 2.45) is 23.7 Å². The van der Waals surface area contributed by atoms with Crippen LogP contribution in [-0.4, -0.2) is 17.3 Å². The Morgan fingerprint density at radius 3 is 2.24 bits per heavy atom. The van der Waals surface area contributed by atoms with Gasteiger partial charge in [-0.25, -0.2) is 0 Å². The number of aliphatic hydroxyl groups is 1. The highest BCUT2D eigenvalue weighted by Gasteiger charge is 2.59. The quantitative estimate of drug-likeness (QED) is 0.756. The molecule has 1 heterocycles. The SMILES string of the molecule is OC1(C2=CCCCO2)C2CC3CC(C2)CC1C3. The summed E-state index contributed by atoms with van der Waals surface area (Å²) in [7, 11) is 0. The predicted molar refractivity (Wildman–Crippen MR) is 65.3 cm³/mol. The molecule has 4 bridgehead atoms. The van der Waals surface area contributed by atoms with Gasteiger partial charge in [-0.05, 0) is 74.7 Å². The van der Waals surface area contributed by atoms with Crippen molar-refractivity contribution in [1.29, 1.82) is 0 Å². The van der Waals surface area contributed by atoms with Gasteiger partial charge < -0.3 is 9.84 Å².